The van der Waals surface area contributed by atoms with Gasteiger partial charge in [-0.25, -0.2) is 9.97 Å². The lowest BCUT2D eigenvalue weighted by Gasteiger charge is -2.41. The van der Waals surface area contributed by atoms with Gasteiger partial charge in [-0.3, -0.25) is 0 Å². The van der Waals surface area contributed by atoms with Gasteiger partial charge in [-0.15, -0.1) is 0 Å². The highest BCUT2D eigenvalue weighted by atomic mass is 32.2. The maximum Gasteiger partial charge on any atom is 0.160 e. The first-order valence-corrected chi connectivity index (χ1v) is 21.7. The van der Waals surface area contributed by atoms with Crippen molar-refractivity contribution in [3.8, 4) is 73.4 Å². The summed E-state index contributed by atoms with van der Waals surface area (Å²) < 4.78 is 0. The van der Waals surface area contributed by atoms with Gasteiger partial charge in [-0.1, -0.05) is 206 Å². The Morgan fingerprint density at radius 1 is 0.371 bits per heavy atom. The van der Waals surface area contributed by atoms with Crippen LogP contribution in [0.4, 0.5) is 0 Å². The molecular formula is C58H35N3S. The third-order valence-electron chi connectivity index (χ3n) is 12.6. The second-order valence-electron chi connectivity index (χ2n) is 15.9. The van der Waals surface area contributed by atoms with Crippen molar-refractivity contribution in [3.63, 3.8) is 0 Å². The number of nitriles is 1. The van der Waals surface area contributed by atoms with Crippen LogP contribution in [-0.4, -0.2) is 9.97 Å². The van der Waals surface area contributed by atoms with Crippen LogP contribution in [-0.2, 0) is 5.41 Å². The molecule has 4 heteroatoms. The van der Waals surface area contributed by atoms with Crippen LogP contribution in [0.2, 0.25) is 0 Å². The lowest BCUT2D eigenvalue weighted by molar-refractivity contribution is 0.724. The van der Waals surface area contributed by atoms with Gasteiger partial charge in [0.05, 0.1) is 28.4 Å². The topological polar surface area (TPSA) is 49.6 Å². The van der Waals surface area contributed by atoms with E-state index in [1.165, 1.54) is 43.2 Å². The van der Waals surface area contributed by atoms with Crippen molar-refractivity contribution in [2.24, 2.45) is 0 Å². The van der Waals surface area contributed by atoms with Gasteiger partial charge in [0.25, 0.3) is 0 Å². The molecule has 0 amide bonds. The molecule has 3 nitrogen and oxygen atoms in total. The zero-order valence-electron chi connectivity index (χ0n) is 33.5. The van der Waals surface area contributed by atoms with E-state index in [0.29, 0.717) is 11.4 Å². The Kier molecular flexibility index (Phi) is 8.38. The molecule has 0 saturated carbocycles. The van der Waals surface area contributed by atoms with Crippen molar-refractivity contribution in [3.05, 3.63) is 240 Å². The second-order valence-corrected chi connectivity index (χ2v) is 16.9. The van der Waals surface area contributed by atoms with Crippen LogP contribution >= 0.6 is 11.8 Å². The Hall–Kier alpha value is -7.84. The van der Waals surface area contributed by atoms with E-state index in [-0.39, 0.29) is 0 Å². The average Bonchev–Trinajstić information content (AvgIpc) is 3.64. The van der Waals surface area contributed by atoms with Gasteiger partial charge < -0.3 is 0 Å². The van der Waals surface area contributed by atoms with Crippen LogP contribution in [0.5, 0.6) is 0 Å². The Morgan fingerprint density at radius 2 is 0.855 bits per heavy atom. The van der Waals surface area contributed by atoms with Gasteiger partial charge in [-0.05, 0) is 79.2 Å². The Labute approximate surface area is 364 Å². The molecule has 0 bridgehead atoms. The molecule has 0 radical (unpaired) electrons. The standard InChI is InChI=1S/C58H35N3S/c59-36-41-32-33-45(44-23-8-7-22-42(41)44)48-27-15-31-52-56(48)62-55-43(26-14-30-51(55)58(52)49-28-11-9-24-46(49)47-25-10-12-29-50(47)58)39-20-13-21-40(34-39)57-60-53(37-16-3-1-4-17-37)35-54(61-57)38-18-5-2-6-19-38/h1-35H. The average molecular weight is 806 g/mol. The zero-order chi connectivity index (χ0) is 41.2. The lowest BCUT2D eigenvalue weighted by atomic mass is 9.66. The van der Waals surface area contributed by atoms with E-state index in [0.717, 1.165) is 61.1 Å². The van der Waals surface area contributed by atoms with E-state index in [4.69, 9.17) is 9.97 Å². The summed E-state index contributed by atoms with van der Waals surface area (Å²) in [6.07, 6.45) is 0. The first-order chi connectivity index (χ1) is 30.7. The maximum atomic E-state index is 10.1. The third kappa shape index (κ3) is 5.46. The highest BCUT2D eigenvalue weighted by Crippen LogP contribution is 2.64. The van der Waals surface area contributed by atoms with Crippen LogP contribution in [0.1, 0.15) is 27.8 Å². The summed E-state index contributed by atoms with van der Waals surface area (Å²) >= 11 is 1.86. The smallest absolute Gasteiger partial charge is 0.160 e. The van der Waals surface area contributed by atoms with E-state index >= 15 is 0 Å². The molecule has 12 rings (SSSR count). The molecule has 9 aromatic carbocycles. The van der Waals surface area contributed by atoms with Crippen LogP contribution in [0.25, 0.3) is 78.1 Å². The minimum absolute atomic E-state index is 0.577. The Bertz CT molecular complexity index is 3360. The molecule has 0 atom stereocenters. The van der Waals surface area contributed by atoms with E-state index in [2.05, 4.69) is 194 Å². The number of aromatic nitrogens is 2. The molecule has 0 N–H and O–H groups in total. The maximum absolute atomic E-state index is 10.1. The number of nitrogens with zero attached hydrogens (tertiary/aromatic N) is 3. The molecule has 0 fully saturated rings. The van der Waals surface area contributed by atoms with Gasteiger partial charge in [0.15, 0.2) is 5.82 Å². The van der Waals surface area contributed by atoms with Gasteiger partial charge in [0.1, 0.15) is 0 Å². The second kappa shape index (κ2) is 14.4. The first-order valence-electron chi connectivity index (χ1n) is 20.9. The molecule has 2 heterocycles. The molecule has 1 aromatic heterocycles. The molecule has 288 valence electrons. The summed E-state index contributed by atoms with van der Waals surface area (Å²) in [6, 6.07) is 78.0. The molecule has 1 aliphatic heterocycles. The minimum atomic E-state index is -0.577. The first kappa shape index (κ1) is 36.0. The molecule has 2 aliphatic rings. The predicted octanol–water partition coefficient (Wildman–Crippen LogP) is 14.7. The van der Waals surface area contributed by atoms with Crippen molar-refractivity contribution in [1.82, 2.24) is 9.97 Å². The largest absolute Gasteiger partial charge is 0.228 e. The monoisotopic (exact) mass is 805 g/mol. The summed E-state index contributed by atoms with van der Waals surface area (Å²) in [7, 11) is 0. The van der Waals surface area contributed by atoms with E-state index in [1.54, 1.807) is 0 Å². The molecule has 1 aliphatic carbocycles. The molecular weight excluding hydrogens is 771 g/mol. The highest BCUT2D eigenvalue weighted by Gasteiger charge is 2.51. The van der Waals surface area contributed by atoms with Crippen molar-refractivity contribution in [1.29, 1.82) is 5.26 Å². The Morgan fingerprint density at radius 3 is 1.50 bits per heavy atom. The number of rotatable bonds is 5. The van der Waals surface area contributed by atoms with E-state index < -0.39 is 5.41 Å². The van der Waals surface area contributed by atoms with Gasteiger partial charge in [-0.2, -0.15) is 5.26 Å². The van der Waals surface area contributed by atoms with E-state index in [1.807, 2.05) is 36.0 Å². The van der Waals surface area contributed by atoms with Crippen LogP contribution < -0.4 is 0 Å². The summed E-state index contributed by atoms with van der Waals surface area (Å²) in [6.45, 7) is 0. The molecule has 0 unspecified atom stereocenters. The third-order valence-corrected chi connectivity index (χ3v) is 13.9. The number of fused-ring (bicyclic) bond motifs is 10. The summed E-state index contributed by atoms with van der Waals surface area (Å²) in [5, 5.41) is 12.2. The fourth-order valence-electron chi connectivity index (χ4n) is 9.93. The molecule has 62 heavy (non-hydrogen) atoms. The lowest BCUT2D eigenvalue weighted by Crippen LogP contribution is -2.32. The number of benzene rings is 9. The van der Waals surface area contributed by atoms with Crippen LogP contribution in [0.15, 0.2) is 222 Å². The van der Waals surface area contributed by atoms with Crippen LogP contribution in [0, 0.1) is 11.3 Å². The van der Waals surface area contributed by atoms with Crippen molar-refractivity contribution >= 4 is 22.5 Å². The molecule has 0 saturated heterocycles. The summed E-state index contributed by atoms with van der Waals surface area (Å²) in [4.78, 5) is 12.8. The van der Waals surface area contributed by atoms with Crippen LogP contribution in [0.3, 0.4) is 0 Å². The van der Waals surface area contributed by atoms with Gasteiger partial charge >= 0.3 is 0 Å². The normalized spacial score (nSPS) is 12.9. The summed E-state index contributed by atoms with van der Waals surface area (Å²) in [5.74, 6) is 0.681. The van der Waals surface area contributed by atoms with Crippen molar-refractivity contribution < 1.29 is 0 Å². The fraction of sp³-hybridized carbons (Fsp3) is 0.0172. The highest BCUT2D eigenvalue weighted by molar-refractivity contribution is 7.99. The summed E-state index contributed by atoms with van der Waals surface area (Å²) in [5.41, 5.74) is 17.1. The van der Waals surface area contributed by atoms with Crippen molar-refractivity contribution in [2.75, 3.05) is 0 Å². The molecule has 1 spiro atoms. The Balaban J connectivity index is 1.10. The zero-order valence-corrected chi connectivity index (χ0v) is 34.3. The SMILES string of the molecule is N#Cc1ccc(-c2cccc3c2Sc2c(-c4cccc(-c5nc(-c6ccccc6)cc(-c6ccccc6)n5)c4)cccc2C32c3ccccc3-c3ccccc32)c2ccccc12. The minimum Gasteiger partial charge on any atom is -0.228 e. The fourth-order valence-corrected chi connectivity index (χ4v) is 11.4. The number of hydrogen-bond acceptors (Lipinski definition) is 4. The van der Waals surface area contributed by atoms with Gasteiger partial charge in [0.2, 0.25) is 0 Å². The van der Waals surface area contributed by atoms with Crippen molar-refractivity contribution in [2.45, 2.75) is 15.2 Å². The van der Waals surface area contributed by atoms with Gasteiger partial charge in [0, 0.05) is 31.9 Å². The number of hydrogen-bond donors (Lipinski definition) is 0. The molecule has 10 aromatic rings. The van der Waals surface area contributed by atoms with E-state index in [9.17, 15) is 5.26 Å². The quantitative estimate of drug-likeness (QED) is 0.174. The predicted molar refractivity (Wildman–Crippen MR) is 253 cm³/mol.